The minimum absolute atomic E-state index is 0.0122. The molecule has 1 unspecified atom stereocenters. The molecular weight excluding hydrogens is 544 g/mol. The van der Waals surface area contributed by atoms with Crippen LogP contribution in [0.4, 0.5) is 5.82 Å². The van der Waals surface area contributed by atoms with Crippen LogP contribution in [0.15, 0.2) is 58.9 Å². The number of nitriles is 1. The molecule has 0 aliphatic carbocycles. The number of rotatable bonds is 9. The molecule has 1 atom stereocenters. The molecule has 4 rings (SSSR count). The number of likely N-dealkylation sites (N-methyl/N-ethyl adjacent to an activating group) is 1. The summed E-state index contributed by atoms with van der Waals surface area (Å²) >= 11 is 3.33. The highest BCUT2D eigenvalue weighted by Gasteiger charge is 2.23. The van der Waals surface area contributed by atoms with E-state index in [2.05, 4.69) is 103 Å². The van der Waals surface area contributed by atoms with Gasteiger partial charge in [0, 0.05) is 51.7 Å². The molecule has 2 N–H and O–H groups in total. The summed E-state index contributed by atoms with van der Waals surface area (Å²) in [6.07, 6.45) is 7.35. The van der Waals surface area contributed by atoms with E-state index in [4.69, 9.17) is 5.26 Å². The molecular formula is C28H35BrN8O. The van der Waals surface area contributed by atoms with Gasteiger partial charge in [-0.1, -0.05) is 51.1 Å². The molecule has 3 heterocycles. The van der Waals surface area contributed by atoms with Crippen LogP contribution in [0.2, 0.25) is 0 Å². The Balaban J connectivity index is 1.45. The molecule has 2 aliphatic rings. The van der Waals surface area contributed by atoms with Crippen LogP contribution in [0.3, 0.4) is 0 Å². The van der Waals surface area contributed by atoms with Crippen LogP contribution in [-0.2, 0) is 11.3 Å². The molecule has 2 aliphatic heterocycles. The van der Waals surface area contributed by atoms with Crippen molar-refractivity contribution < 1.29 is 4.79 Å². The predicted octanol–water partition coefficient (Wildman–Crippen LogP) is 3.84. The van der Waals surface area contributed by atoms with E-state index in [9.17, 15) is 4.79 Å². The SMILES string of the molecule is CCN1CCN(Cc2cccc(C3C=CC(C(=O)NNc4nc(C#N)ncc4Br)=CN3CC(C)C)c2)CC1. The van der Waals surface area contributed by atoms with Gasteiger partial charge in [0.15, 0.2) is 5.82 Å². The summed E-state index contributed by atoms with van der Waals surface area (Å²) in [7, 11) is 0. The maximum Gasteiger partial charge on any atom is 0.271 e. The second-order valence-electron chi connectivity index (χ2n) is 10.0. The van der Waals surface area contributed by atoms with Gasteiger partial charge in [0.2, 0.25) is 5.82 Å². The van der Waals surface area contributed by atoms with Gasteiger partial charge < -0.3 is 9.80 Å². The number of hydrogen-bond donors (Lipinski definition) is 2. The molecule has 0 spiro atoms. The molecule has 1 aromatic carbocycles. The molecule has 1 amide bonds. The van der Waals surface area contributed by atoms with Gasteiger partial charge in [-0.25, -0.2) is 4.98 Å². The van der Waals surface area contributed by atoms with Crippen molar-refractivity contribution in [1.29, 1.82) is 5.26 Å². The van der Waals surface area contributed by atoms with Gasteiger partial charge in [0.25, 0.3) is 5.91 Å². The minimum Gasteiger partial charge on any atom is -0.366 e. The van der Waals surface area contributed by atoms with E-state index >= 15 is 0 Å². The Bertz CT molecular complexity index is 1230. The lowest BCUT2D eigenvalue weighted by Crippen LogP contribution is -2.45. The molecule has 200 valence electrons. The first-order valence-electron chi connectivity index (χ1n) is 13.0. The van der Waals surface area contributed by atoms with Gasteiger partial charge >= 0.3 is 0 Å². The molecule has 0 radical (unpaired) electrons. The van der Waals surface area contributed by atoms with E-state index in [1.54, 1.807) is 0 Å². The van der Waals surface area contributed by atoms with E-state index < -0.39 is 0 Å². The third kappa shape index (κ3) is 7.19. The lowest BCUT2D eigenvalue weighted by atomic mass is 9.97. The van der Waals surface area contributed by atoms with Gasteiger partial charge in [-0.3, -0.25) is 20.5 Å². The molecule has 38 heavy (non-hydrogen) atoms. The first-order chi connectivity index (χ1) is 18.4. The Hall–Kier alpha value is -3.26. The van der Waals surface area contributed by atoms with Gasteiger partial charge in [-0.05, 0) is 45.6 Å². The summed E-state index contributed by atoms with van der Waals surface area (Å²) in [4.78, 5) is 28.2. The third-order valence-corrected chi connectivity index (χ3v) is 7.29. The number of nitrogens with one attached hydrogen (secondary N) is 2. The zero-order chi connectivity index (χ0) is 27.1. The number of carbonyl (C=O) groups excluding carboxylic acids is 1. The minimum atomic E-state index is -0.294. The lowest BCUT2D eigenvalue weighted by molar-refractivity contribution is -0.116. The highest BCUT2D eigenvalue weighted by atomic mass is 79.9. The Kier molecular flexibility index (Phi) is 9.50. The van der Waals surface area contributed by atoms with Crippen molar-refractivity contribution >= 4 is 27.7 Å². The molecule has 10 heteroatoms. The third-order valence-electron chi connectivity index (χ3n) is 6.71. The summed E-state index contributed by atoms with van der Waals surface area (Å²) in [6.45, 7) is 13.9. The van der Waals surface area contributed by atoms with Crippen molar-refractivity contribution in [2.24, 2.45) is 5.92 Å². The van der Waals surface area contributed by atoms with Crippen molar-refractivity contribution in [3.8, 4) is 6.07 Å². The number of amides is 1. The summed E-state index contributed by atoms with van der Waals surface area (Å²) < 4.78 is 0.540. The number of piperazine rings is 1. The average Bonchev–Trinajstić information content (AvgIpc) is 2.92. The number of hydrogen-bond acceptors (Lipinski definition) is 8. The Morgan fingerprint density at radius 1 is 1.24 bits per heavy atom. The molecule has 9 nitrogen and oxygen atoms in total. The Labute approximate surface area is 233 Å². The second-order valence-corrected chi connectivity index (χ2v) is 10.9. The molecule has 1 saturated heterocycles. The lowest BCUT2D eigenvalue weighted by Gasteiger charge is -2.35. The molecule has 0 saturated carbocycles. The summed E-state index contributed by atoms with van der Waals surface area (Å²) in [6, 6.07) is 10.8. The summed E-state index contributed by atoms with van der Waals surface area (Å²) in [5.41, 5.74) is 8.53. The molecule has 1 aromatic heterocycles. The van der Waals surface area contributed by atoms with Crippen LogP contribution >= 0.6 is 15.9 Å². The smallest absolute Gasteiger partial charge is 0.271 e. The monoisotopic (exact) mass is 578 g/mol. The standard InChI is InChI=1S/C28H35BrN8O/c1-4-35-10-12-36(13-11-35)18-21-6-5-7-22(14-21)25-9-8-23(19-37(25)17-20(2)3)28(38)34-33-27-24(29)16-31-26(15-30)32-27/h5-9,14,16,19-20,25H,4,10-13,17-18H2,1-3H3,(H,34,38)(H,31,32,33). The Morgan fingerprint density at radius 3 is 2.71 bits per heavy atom. The number of carbonyl (C=O) groups is 1. The van der Waals surface area contributed by atoms with Crippen molar-refractivity contribution in [3.63, 3.8) is 0 Å². The number of halogens is 1. The van der Waals surface area contributed by atoms with Crippen LogP contribution in [0.5, 0.6) is 0 Å². The van der Waals surface area contributed by atoms with Crippen molar-refractivity contribution in [1.82, 2.24) is 30.1 Å². The largest absolute Gasteiger partial charge is 0.366 e. The first kappa shape index (κ1) is 27.8. The second kappa shape index (κ2) is 13.0. The maximum absolute atomic E-state index is 13.0. The number of nitrogens with zero attached hydrogens (tertiary/aromatic N) is 6. The van der Waals surface area contributed by atoms with E-state index in [-0.39, 0.29) is 17.8 Å². The number of aromatic nitrogens is 2. The zero-order valence-corrected chi connectivity index (χ0v) is 23.8. The highest BCUT2D eigenvalue weighted by molar-refractivity contribution is 9.10. The predicted molar refractivity (Wildman–Crippen MR) is 152 cm³/mol. The van der Waals surface area contributed by atoms with Crippen molar-refractivity contribution in [2.45, 2.75) is 33.4 Å². The summed E-state index contributed by atoms with van der Waals surface area (Å²) in [5, 5.41) is 9.04. The van der Waals surface area contributed by atoms with Crippen LogP contribution in [0.1, 0.15) is 43.8 Å². The fourth-order valence-corrected chi connectivity index (χ4v) is 5.02. The van der Waals surface area contributed by atoms with Crippen LogP contribution < -0.4 is 10.9 Å². The quantitative estimate of drug-likeness (QED) is 0.433. The van der Waals surface area contributed by atoms with Crippen molar-refractivity contribution in [2.75, 3.05) is 44.7 Å². The zero-order valence-electron chi connectivity index (χ0n) is 22.2. The van der Waals surface area contributed by atoms with Crippen molar-refractivity contribution in [3.05, 3.63) is 75.8 Å². The molecule has 1 fully saturated rings. The maximum atomic E-state index is 13.0. The van der Waals surface area contributed by atoms with Crippen LogP contribution in [0.25, 0.3) is 0 Å². The average molecular weight is 580 g/mol. The topological polar surface area (TPSA) is 100 Å². The molecule has 2 aromatic rings. The Morgan fingerprint density at radius 2 is 2.00 bits per heavy atom. The van der Waals surface area contributed by atoms with E-state index in [0.717, 1.165) is 45.8 Å². The van der Waals surface area contributed by atoms with E-state index in [1.165, 1.54) is 17.3 Å². The summed E-state index contributed by atoms with van der Waals surface area (Å²) in [5.74, 6) is 0.452. The van der Waals surface area contributed by atoms with Gasteiger partial charge in [0.05, 0.1) is 16.1 Å². The van der Waals surface area contributed by atoms with Gasteiger partial charge in [0.1, 0.15) is 6.07 Å². The van der Waals surface area contributed by atoms with Gasteiger partial charge in [-0.2, -0.15) is 10.2 Å². The van der Waals surface area contributed by atoms with Crippen LogP contribution in [-0.4, -0.2) is 69.8 Å². The van der Waals surface area contributed by atoms with E-state index in [0.29, 0.717) is 21.8 Å². The van der Waals surface area contributed by atoms with Gasteiger partial charge in [-0.15, -0.1) is 0 Å². The fraction of sp³-hybridized carbons (Fsp3) is 0.429. The normalized spacial score (nSPS) is 18.3. The molecule has 0 bridgehead atoms. The first-order valence-corrected chi connectivity index (χ1v) is 13.8. The fourth-order valence-electron chi connectivity index (χ4n) is 4.73. The van der Waals surface area contributed by atoms with E-state index in [1.807, 2.05) is 18.3 Å². The highest BCUT2D eigenvalue weighted by Crippen LogP contribution is 2.29. The van der Waals surface area contributed by atoms with Crippen LogP contribution in [0, 0.1) is 17.2 Å². The number of hydrazine groups is 1. The number of anilines is 1. The number of benzene rings is 1.